The fourth-order valence-electron chi connectivity index (χ4n) is 4.19. The summed E-state index contributed by atoms with van der Waals surface area (Å²) in [5.74, 6) is 0.293. The first-order chi connectivity index (χ1) is 18.8. The average Bonchev–Trinajstić information content (AvgIpc) is 3.44. The predicted octanol–water partition coefficient (Wildman–Crippen LogP) is 7.43. The van der Waals surface area contributed by atoms with E-state index in [0.29, 0.717) is 56.0 Å². The van der Waals surface area contributed by atoms with E-state index in [-0.39, 0.29) is 10.6 Å². The third kappa shape index (κ3) is 5.75. The molecule has 0 aliphatic rings. The lowest BCUT2D eigenvalue weighted by Gasteiger charge is -2.13. The van der Waals surface area contributed by atoms with Crippen LogP contribution in [0.15, 0.2) is 82.2 Å². The van der Waals surface area contributed by atoms with Crippen molar-refractivity contribution in [1.29, 1.82) is 0 Å². The summed E-state index contributed by atoms with van der Waals surface area (Å²) in [6.45, 7) is 3.42. The van der Waals surface area contributed by atoms with Crippen LogP contribution in [0.1, 0.15) is 11.6 Å². The minimum atomic E-state index is -4.82. The Hall–Kier alpha value is -4.09. The van der Waals surface area contributed by atoms with E-state index in [4.69, 9.17) is 16.0 Å². The van der Waals surface area contributed by atoms with Crippen molar-refractivity contribution in [2.75, 3.05) is 6.26 Å². The summed E-state index contributed by atoms with van der Waals surface area (Å²) in [6, 6.07) is 17.3. The van der Waals surface area contributed by atoms with Gasteiger partial charge < -0.3 is 9.15 Å². The lowest BCUT2D eigenvalue weighted by atomic mass is 9.98. The monoisotopic (exact) mass is 587 g/mol. The van der Waals surface area contributed by atoms with Crippen LogP contribution >= 0.6 is 11.6 Å². The van der Waals surface area contributed by atoms with Crippen molar-refractivity contribution in [3.05, 3.63) is 89.5 Å². The van der Waals surface area contributed by atoms with Crippen LogP contribution in [-0.4, -0.2) is 35.8 Å². The van der Waals surface area contributed by atoms with Gasteiger partial charge in [0.25, 0.3) is 0 Å². The van der Waals surface area contributed by atoms with E-state index in [9.17, 15) is 21.6 Å². The van der Waals surface area contributed by atoms with Crippen molar-refractivity contribution in [3.8, 4) is 45.1 Å². The number of nitrogens with zero attached hydrogens (tertiary/aromatic N) is 3. The summed E-state index contributed by atoms with van der Waals surface area (Å²) in [6.07, 6.45) is -2.03. The molecular weight excluding hydrogens is 567 g/mol. The van der Waals surface area contributed by atoms with E-state index in [1.54, 1.807) is 49.0 Å². The highest BCUT2D eigenvalue weighted by Crippen LogP contribution is 2.39. The van der Waals surface area contributed by atoms with Crippen LogP contribution in [-0.2, 0) is 9.84 Å². The predicted molar refractivity (Wildman–Crippen MR) is 144 cm³/mol. The number of benzene rings is 3. The van der Waals surface area contributed by atoms with E-state index in [2.05, 4.69) is 14.8 Å². The molecule has 206 valence electrons. The molecule has 0 aliphatic heterocycles. The molecule has 5 aromatic rings. The molecule has 2 heterocycles. The van der Waals surface area contributed by atoms with Gasteiger partial charge in [-0.2, -0.15) is 5.10 Å². The van der Waals surface area contributed by atoms with Gasteiger partial charge in [-0.05, 0) is 66.6 Å². The second-order valence-corrected chi connectivity index (χ2v) is 11.4. The molecule has 0 saturated carbocycles. The minimum absolute atomic E-state index is 0.169. The van der Waals surface area contributed by atoms with Crippen molar-refractivity contribution in [2.45, 2.75) is 25.1 Å². The van der Waals surface area contributed by atoms with Crippen molar-refractivity contribution in [2.24, 2.45) is 0 Å². The lowest BCUT2D eigenvalue weighted by molar-refractivity contribution is -0.274. The van der Waals surface area contributed by atoms with Gasteiger partial charge in [-0.1, -0.05) is 29.8 Å². The molecule has 0 N–H and O–H groups in total. The fourth-order valence-corrected chi connectivity index (χ4v) is 4.98. The molecular formula is C28H21ClF3N3O4S. The van der Waals surface area contributed by atoms with Crippen LogP contribution in [0.2, 0.25) is 5.02 Å². The zero-order valence-electron chi connectivity index (χ0n) is 21.3. The van der Waals surface area contributed by atoms with Gasteiger partial charge in [-0.25, -0.2) is 18.1 Å². The van der Waals surface area contributed by atoms with Crippen molar-refractivity contribution in [1.82, 2.24) is 14.8 Å². The number of alkyl halides is 3. The first kappa shape index (κ1) is 27.5. The van der Waals surface area contributed by atoms with Crippen LogP contribution in [0.25, 0.3) is 39.4 Å². The van der Waals surface area contributed by atoms with Crippen LogP contribution in [0.4, 0.5) is 13.2 Å². The molecule has 5 rings (SSSR count). The van der Waals surface area contributed by atoms with E-state index in [0.717, 1.165) is 6.26 Å². The molecule has 0 aliphatic carbocycles. The van der Waals surface area contributed by atoms with Crippen molar-refractivity contribution >= 4 is 21.4 Å². The Bertz CT molecular complexity index is 1810. The van der Waals surface area contributed by atoms with Gasteiger partial charge in [-0.3, -0.25) is 0 Å². The molecule has 0 bridgehead atoms. The number of hydrogen-bond donors (Lipinski definition) is 0. The summed E-state index contributed by atoms with van der Waals surface area (Å²) in [4.78, 5) is 4.67. The van der Waals surface area contributed by atoms with E-state index in [1.165, 1.54) is 30.3 Å². The van der Waals surface area contributed by atoms with Crippen LogP contribution < -0.4 is 4.74 Å². The van der Waals surface area contributed by atoms with E-state index >= 15 is 0 Å². The van der Waals surface area contributed by atoms with Crippen LogP contribution in [0.5, 0.6) is 5.75 Å². The van der Waals surface area contributed by atoms with Gasteiger partial charge in [-0.15, -0.1) is 13.2 Å². The number of hydrogen-bond acceptors (Lipinski definition) is 6. The molecule has 2 aromatic heterocycles. The first-order valence-corrected chi connectivity index (χ1v) is 14.1. The number of sulfone groups is 1. The highest BCUT2D eigenvalue weighted by Gasteiger charge is 2.31. The second kappa shape index (κ2) is 10.1. The molecule has 0 spiro atoms. The Morgan fingerprint density at radius 2 is 1.62 bits per heavy atom. The molecule has 0 amide bonds. The molecule has 0 atom stereocenters. The molecule has 0 unspecified atom stereocenters. The maximum absolute atomic E-state index is 12.7. The lowest BCUT2D eigenvalue weighted by Crippen LogP contribution is -2.16. The molecule has 3 aromatic carbocycles. The molecule has 0 saturated heterocycles. The Morgan fingerprint density at radius 3 is 2.25 bits per heavy atom. The summed E-state index contributed by atoms with van der Waals surface area (Å²) in [7, 11) is -3.44. The Balaban J connectivity index is 1.69. The zero-order chi connectivity index (χ0) is 28.8. The Morgan fingerprint density at radius 1 is 0.950 bits per heavy atom. The first-order valence-electron chi connectivity index (χ1n) is 11.8. The quantitative estimate of drug-likeness (QED) is 0.205. The summed E-state index contributed by atoms with van der Waals surface area (Å²) >= 11 is 6.29. The third-order valence-electron chi connectivity index (χ3n) is 6.02. The number of rotatable bonds is 6. The van der Waals surface area contributed by atoms with Crippen molar-refractivity contribution < 1.29 is 30.7 Å². The van der Waals surface area contributed by atoms with Crippen LogP contribution in [0.3, 0.4) is 0 Å². The van der Waals surface area contributed by atoms with Gasteiger partial charge in [0.15, 0.2) is 21.5 Å². The van der Waals surface area contributed by atoms with Gasteiger partial charge in [0, 0.05) is 30.5 Å². The SMILES string of the molecule is Cc1nc(-c2ccc(OC(F)(F)F)cc2)c(-c2cc(-c3cccc(S(C)(=O)=O)c3)ccc2-n2cc(Cl)c(C)n2)o1. The van der Waals surface area contributed by atoms with Crippen LogP contribution in [0, 0.1) is 13.8 Å². The topological polar surface area (TPSA) is 87.2 Å². The van der Waals surface area contributed by atoms with Gasteiger partial charge in [0.05, 0.1) is 21.3 Å². The minimum Gasteiger partial charge on any atom is -0.440 e. The molecule has 0 fully saturated rings. The van der Waals surface area contributed by atoms with E-state index < -0.39 is 16.2 Å². The van der Waals surface area contributed by atoms with Gasteiger partial charge >= 0.3 is 6.36 Å². The molecule has 12 heteroatoms. The average molecular weight is 588 g/mol. The summed E-state index contributed by atoms with van der Waals surface area (Å²) < 4.78 is 73.9. The largest absolute Gasteiger partial charge is 0.573 e. The number of halogens is 4. The smallest absolute Gasteiger partial charge is 0.440 e. The second-order valence-electron chi connectivity index (χ2n) is 9.02. The van der Waals surface area contributed by atoms with Gasteiger partial charge in [0.2, 0.25) is 0 Å². The Kier molecular flexibility index (Phi) is 6.97. The fraction of sp³-hybridized carbons (Fsp3) is 0.143. The highest BCUT2D eigenvalue weighted by atomic mass is 35.5. The highest BCUT2D eigenvalue weighted by molar-refractivity contribution is 7.90. The van der Waals surface area contributed by atoms with Crippen molar-refractivity contribution in [3.63, 3.8) is 0 Å². The molecule has 0 radical (unpaired) electrons. The maximum atomic E-state index is 12.7. The molecule has 40 heavy (non-hydrogen) atoms. The van der Waals surface area contributed by atoms with E-state index in [1.807, 2.05) is 12.1 Å². The standard InChI is InChI=1S/C28H21ClF3N3O4S/c1-16-24(29)15-35(34-16)25-12-9-20(19-5-4-6-22(13-19)40(3,36)37)14-23(25)27-26(33-17(2)38-27)18-7-10-21(11-8-18)39-28(30,31)32/h4-15H,1-3H3. The number of aryl methyl sites for hydroxylation is 2. The number of oxazole rings is 1. The normalized spacial score (nSPS) is 12.1. The zero-order valence-corrected chi connectivity index (χ0v) is 22.9. The number of ether oxygens (including phenoxy) is 1. The Labute approximate surface area is 232 Å². The summed E-state index contributed by atoms with van der Waals surface area (Å²) in [5.41, 5.74) is 3.96. The maximum Gasteiger partial charge on any atom is 0.573 e. The summed E-state index contributed by atoms with van der Waals surface area (Å²) in [5, 5.41) is 4.94. The van der Waals surface area contributed by atoms with Gasteiger partial charge in [0.1, 0.15) is 11.4 Å². The number of aromatic nitrogens is 3. The molecule has 7 nitrogen and oxygen atoms in total. The third-order valence-corrected chi connectivity index (χ3v) is 7.50.